The van der Waals surface area contributed by atoms with E-state index in [1.165, 1.54) is 36.0 Å². The Morgan fingerprint density at radius 3 is 2.89 bits per heavy atom. The van der Waals surface area contributed by atoms with Crippen molar-refractivity contribution in [3.05, 3.63) is 64.2 Å². The predicted molar refractivity (Wildman–Crippen MR) is 81.9 cm³/mol. The second kappa shape index (κ2) is 5.26. The van der Waals surface area contributed by atoms with Gasteiger partial charge in [0.1, 0.15) is 0 Å². The van der Waals surface area contributed by atoms with Crippen LogP contribution in [-0.2, 0) is 6.42 Å². The lowest BCUT2D eigenvalue weighted by atomic mass is 9.87. The lowest BCUT2D eigenvalue weighted by Gasteiger charge is -2.28. The van der Waals surface area contributed by atoms with Crippen molar-refractivity contribution in [3.8, 4) is 0 Å². The number of hydrogen-bond donors (Lipinski definition) is 1. The number of anilines is 1. The minimum absolute atomic E-state index is 0.405. The Kier molecular flexibility index (Phi) is 3.48. The Morgan fingerprint density at radius 2 is 2.00 bits per heavy atom. The quantitative estimate of drug-likeness (QED) is 0.798. The second-order valence-corrected chi connectivity index (χ2v) is 5.68. The van der Waals surface area contributed by atoms with Crippen LogP contribution in [0.2, 0.25) is 5.02 Å². The van der Waals surface area contributed by atoms with Crippen LogP contribution in [0.1, 0.15) is 35.6 Å². The van der Waals surface area contributed by atoms with Gasteiger partial charge in [0.2, 0.25) is 0 Å². The third kappa shape index (κ3) is 2.62. The van der Waals surface area contributed by atoms with Gasteiger partial charge in [-0.25, -0.2) is 0 Å². The summed E-state index contributed by atoms with van der Waals surface area (Å²) in [6.07, 6.45) is 3.63. The smallest absolute Gasteiger partial charge is 0.0516 e. The van der Waals surface area contributed by atoms with Crippen LogP contribution < -0.4 is 5.32 Å². The minimum atomic E-state index is 0.405. The Bertz CT molecular complexity index is 592. The predicted octanol–water partition coefficient (Wildman–Crippen LogP) is 5.14. The van der Waals surface area contributed by atoms with Gasteiger partial charge in [-0.2, -0.15) is 0 Å². The Hall–Kier alpha value is -1.47. The van der Waals surface area contributed by atoms with Crippen molar-refractivity contribution in [3.63, 3.8) is 0 Å². The molecule has 1 aliphatic rings. The highest BCUT2D eigenvalue weighted by molar-refractivity contribution is 6.30. The van der Waals surface area contributed by atoms with Crippen molar-refractivity contribution in [1.82, 2.24) is 0 Å². The Balaban J connectivity index is 1.90. The summed E-state index contributed by atoms with van der Waals surface area (Å²) >= 11 is 6.09. The summed E-state index contributed by atoms with van der Waals surface area (Å²) in [4.78, 5) is 0. The molecule has 1 nitrogen and oxygen atoms in total. The van der Waals surface area contributed by atoms with Gasteiger partial charge in [-0.05, 0) is 55.0 Å². The lowest BCUT2D eigenvalue weighted by Crippen LogP contribution is -2.17. The molecule has 0 heterocycles. The summed E-state index contributed by atoms with van der Waals surface area (Å²) in [5, 5.41) is 4.45. The van der Waals surface area contributed by atoms with Gasteiger partial charge in [0.05, 0.1) is 6.04 Å². The average Bonchev–Trinajstić information content (AvgIpc) is 2.43. The summed E-state index contributed by atoms with van der Waals surface area (Å²) in [5.41, 5.74) is 5.31. The van der Waals surface area contributed by atoms with Crippen LogP contribution >= 0.6 is 11.6 Å². The van der Waals surface area contributed by atoms with E-state index >= 15 is 0 Å². The van der Waals surface area contributed by atoms with Gasteiger partial charge in [0, 0.05) is 10.7 Å². The van der Waals surface area contributed by atoms with Crippen molar-refractivity contribution >= 4 is 17.3 Å². The zero-order valence-corrected chi connectivity index (χ0v) is 11.9. The van der Waals surface area contributed by atoms with Crippen molar-refractivity contribution < 1.29 is 0 Å². The van der Waals surface area contributed by atoms with Gasteiger partial charge in [0.25, 0.3) is 0 Å². The molecule has 0 saturated heterocycles. The van der Waals surface area contributed by atoms with Crippen LogP contribution in [-0.4, -0.2) is 0 Å². The summed E-state index contributed by atoms with van der Waals surface area (Å²) in [7, 11) is 0. The highest BCUT2D eigenvalue weighted by Crippen LogP contribution is 2.33. The summed E-state index contributed by atoms with van der Waals surface area (Å²) in [6.45, 7) is 2.12. The second-order valence-electron chi connectivity index (χ2n) is 5.25. The van der Waals surface area contributed by atoms with E-state index in [1.807, 2.05) is 12.1 Å². The van der Waals surface area contributed by atoms with Gasteiger partial charge in [0.15, 0.2) is 0 Å². The molecule has 1 atom stereocenters. The SMILES string of the molecule is Cc1ccc(Cl)cc1NC1CCCc2ccccc21. The molecule has 2 heteroatoms. The van der Waals surface area contributed by atoms with E-state index in [2.05, 4.69) is 42.6 Å². The molecule has 2 aromatic carbocycles. The molecule has 1 N–H and O–H groups in total. The van der Waals surface area contributed by atoms with Crippen LogP contribution in [0.25, 0.3) is 0 Å². The van der Waals surface area contributed by atoms with Gasteiger partial charge >= 0.3 is 0 Å². The van der Waals surface area contributed by atoms with Gasteiger partial charge in [-0.15, -0.1) is 0 Å². The molecule has 0 fully saturated rings. The summed E-state index contributed by atoms with van der Waals surface area (Å²) in [6, 6.07) is 15.2. The van der Waals surface area contributed by atoms with E-state index in [4.69, 9.17) is 11.6 Å². The van der Waals surface area contributed by atoms with Crippen LogP contribution in [0.3, 0.4) is 0 Å². The van der Waals surface area contributed by atoms with E-state index in [0.29, 0.717) is 6.04 Å². The molecule has 1 aliphatic carbocycles. The monoisotopic (exact) mass is 271 g/mol. The topological polar surface area (TPSA) is 12.0 Å². The molecular weight excluding hydrogens is 254 g/mol. The van der Waals surface area contributed by atoms with E-state index < -0.39 is 0 Å². The first kappa shape index (κ1) is 12.6. The largest absolute Gasteiger partial charge is 0.378 e. The molecular formula is C17H18ClN. The molecule has 3 rings (SSSR count). The van der Waals surface area contributed by atoms with E-state index in [9.17, 15) is 0 Å². The number of fused-ring (bicyclic) bond motifs is 1. The zero-order chi connectivity index (χ0) is 13.2. The number of benzene rings is 2. The van der Waals surface area contributed by atoms with Gasteiger partial charge in [-0.3, -0.25) is 0 Å². The standard InChI is InChI=1S/C17H18ClN/c1-12-9-10-14(18)11-17(12)19-16-8-4-6-13-5-2-3-7-15(13)16/h2-3,5,7,9-11,16,19H,4,6,8H2,1H3. The molecule has 0 saturated carbocycles. The molecule has 0 spiro atoms. The number of halogens is 1. The third-order valence-electron chi connectivity index (χ3n) is 3.90. The van der Waals surface area contributed by atoms with Crippen molar-refractivity contribution in [2.75, 3.05) is 5.32 Å². The lowest BCUT2D eigenvalue weighted by molar-refractivity contribution is 0.600. The Labute approximate surface area is 119 Å². The molecule has 98 valence electrons. The molecule has 0 aliphatic heterocycles. The first-order valence-electron chi connectivity index (χ1n) is 6.84. The maximum absolute atomic E-state index is 6.09. The van der Waals surface area contributed by atoms with Crippen LogP contribution in [0.5, 0.6) is 0 Å². The molecule has 0 amide bonds. The number of nitrogens with one attached hydrogen (secondary N) is 1. The van der Waals surface area contributed by atoms with Crippen molar-refractivity contribution in [2.24, 2.45) is 0 Å². The number of hydrogen-bond acceptors (Lipinski definition) is 1. The maximum Gasteiger partial charge on any atom is 0.0516 e. The molecule has 0 bridgehead atoms. The van der Waals surface area contributed by atoms with Crippen molar-refractivity contribution in [2.45, 2.75) is 32.2 Å². The van der Waals surface area contributed by atoms with E-state index in [0.717, 1.165) is 10.7 Å². The normalized spacial score (nSPS) is 17.9. The minimum Gasteiger partial charge on any atom is -0.378 e. The fourth-order valence-electron chi connectivity index (χ4n) is 2.84. The van der Waals surface area contributed by atoms with E-state index in [-0.39, 0.29) is 0 Å². The average molecular weight is 272 g/mol. The first-order valence-corrected chi connectivity index (χ1v) is 7.22. The third-order valence-corrected chi connectivity index (χ3v) is 4.13. The van der Waals surface area contributed by atoms with E-state index in [1.54, 1.807) is 0 Å². The highest BCUT2D eigenvalue weighted by atomic mass is 35.5. The van der Waals surface area contributed by atoms with Crippen LogP contribution in [0.4, 0.5) is 5.69 Å². The van der Waals surface area contributed by atoms with Crippen molar-refractivity contribution in [1.29, 1.82) is 0 Å². The number of aryl methyl sites for hydroxylation is 2. The summed E-state index contributed by atoms with van der Waals surface area (Å²) < 4.78 is 0. The Morgan fingerprint density at radius 1 is 1.16 bits per heavy atom. The fraction of sp³-hybridized carbons (Fsp3) is 0.294. The number of rotatable bonds is 2. The molecule has 0 radical (unpaired) electrons. The maximum atomic E-state index is 6.09. The zero-order valence-electron chi connectivity index (χ0n) is 11.1. The molecule has 0 aromatic heterocycles. The van der Waals surface area contributed by atoms with Crippen LogP contribution in [0, 0.1) is 6.92 Å². The van der Waals surface area contributed by atoms with Gasteiger partial charge < -0.3 is 5.32 Å². The fourth-order valence-corrected chi connectivity index (χ4v) is 3.01. The molecule has 1 unspecified atom stereocenters. The van der Waals surface area contributed by atoms with Gasteiger partial charge in [-0.1, -0.05) is 41.9 Å². The highest BCUT2D eigenvalue weighted by Gasteiger charge is 2.19. The summed E-state index contributed by atoms with van der Waals surface area (Å²) in [5.74, 6) is 0. The van der Waals surface area contributed by atoms with Crippen LogP contribution in [0.15, 0.2) is 42.5 Å². The molecule has 2 aromatic rings. The first-order chi connectivity index (χ1) is 9.24. The molecule has 19 heavy (non-hydrogen) atoms.